The number of carbonyl (C=O) groups is 3. The first-order valence-electron chi connectivity index (χ1n) is 13.1. The second-order valence-electron chi connectivity index (χ2n) is 9.88. The third kappa shape index (κ3) is 6.25. The fourth-order valence-electron chi connectivity index (χ4n) is 4.83. The molecule has 1 aliphatic rings. The summed E-state index contributed by atoms with van der Waals surface area (Å²) >= 11 is 0. The average molecular weight is 515 g/mol. The first-order chi connectivity index (χ1) is 18.4. The molecule has 0 radical (unpaired) electrons. The number of amides is 2. The Bertz CT molecular complexity index is 1250. The normalized spacial score (nSPS) is 14.5. The predicted octanol–water partition coefficient (Wildman–Crippen LogP) is 5.22. The van der Waals surface area contributed by atoms with Gasteiger partial charge in [0.15, 0.2) is 0 Å². The van der Waals surface area contributed by atoms with Gasteiger partial charge < -0.3 is 10.1 Å². The SMILES string of the molecule is COC(=O)c1cccc(N(C(=O)c2cnccn2)C(C(=O)NC2CCCCC2)c2ccc(C(C)C)cc2)c1. The minimum atomic E-state index is -0.999. The highest BCUT2D eigenvalue weighted by atomic mass is 16.5. The van der Waals surface area contributed by atoms with Gasteiger partial charge in [0.05, 0.1) is 18.9 Å². The molecular formula is C30H34N4O4. The fourth-order valence-corrected chi connectivity index (χ4v) is 4.83. The van der Waals surface area contributed by atoms with Crippen molar-refractivity contribution in [2.75, 3.05) is 12.0 Å². The van der Waals surface area contributed by atoms with Crippen LogP contribution in [0, 0.1) is 0 Å². The van der Waals surface area contributed by atoms with Crippen molar-refractivity contribution in [3.63, 3.8) is 0 Å². The molecular weight excluding hydrogens is 480 g/mol. The maximum Gasteiger partial charge on any atom is 0.337 e. The molecule has 1 fully saturated rings. The van der Waals surface area contributed by atoms with Gasteiger partial charge in [-0.2, -0.15) is 0 Å². The second-order valence-corrected chi connectivity index (χ2v) is 9.88. The third-order valence-corrected chi connectivity index (χ3v) is 6.92. The minimum absolute atomic E-state index is 0.0450. The third-order valence-electron chi connectivity index (χ3n) is 6.92. The van der Waals surface area contributed by atoms with Crippen LogP contribution in [-0.2, 0) is 9.53 Å². The van der Waals surface area contributed by atoms with Crippen molar-refractivity contribution in [2.45, 2.75) is 64.0 Å². The molecule has 4 rings (SSSR count). The van der Waals surface area contributed by atoms with E-state index in [0.717, 1.165) is 37.7 Å². The number of rotatable bonds is 8. The Balaban J connectivity index is 1.84. The molecule has 0 aliphatic heterocycles. The lowest BCUT2D eigenvalue weighted by Crippen LogP contribution is -2.47. The van der Waals surface area contributed by atoms with E-state index in [9.17, 15) is 14.4 Å². The number of esters is 1. The molecule has 8 nitrogen and oxygen atoms in total. The Hall–Kier alpha value is -4.07. The highest BCUT2D eigenvalue weighted by Crippen LogP contribution is 2.32. The number of benzene rings is 2. The van der Waals surface area contributed by atoms with Crippen LogP contribution >= 0.6 is 0 Å². The summed E-state index contributed by atoms with van der Waals surface area (Å²) in [7, 11) is 1.30. The fraction of sp³-hybridized carbons (Fsp3) is 0.367. The van der Waals surface area contributed by atoms with Crippen molar-refractivity contribution >= 4 is 23.5 Å². The smallest absolute Gasteiger partial charge is 0.337 e. The van der Waals surface area contributed by atoms with Gasteiger partial charge in [-0.1, -0.05) is 63.4 Å². The van der Waals surface area contributed by atoms with Gasteiger partial charge in [-0.05, 0) is 48.1 Å². The summed E-state index contributed by atoms with van der Waals surface area (Å²) in [5, 5.41) is 3.20. The molecule has 2 aromatic carbocycles. The largest absolute Gasteiger partial charge is 0.465 e. The molecule has 1 N–H and O–H groups in total. The van der Waals surface area contributed by atoms with Crippen molar-refractivity contribution in [3.05, 3.63) is 89.5 Å². The zero-order chi connectivity index (χ0) is 27.1. The van der Waals surface area contributed by atoms with Crippen LogP contribution in [0.2, 0.25) is 0 Å². The average Bonchev–Trinajstić information content (AvgIpc) is 2.96. The van der Waals surface area contributed by atoms with Crippen LogP contribution in [-0.4, -0.2) is 40.9 Å². The molecule has 1 heterocycles. The van der Waals surface area contributed by atoms with Crippen LogP contribution in [0.4, 0.5) is 5.69 Å². The summed E-state index contributed by atoms with van der Waals surface area (Å²) in [5.41, 5.74) is 2.51. The molecule has 1 unspecified atom stereocenters. The van der Waals surface area contributed by atoms with E-state index in [4.69, 9.17) is 4.74 Å². The number of hydrogen-bond acceptors (Lipinski definition) is 6. The van der Waals surface area contributed by atoms with Crippen LogP contribution in [0.5, 0.6) is 0 Å². The second kappa shape index (κ2) is 12.4. The highest BCUT2D eigenvalue weighted by molar-refractivity contribution is 6.09. The summed E-state index contributed by atoms with van der Waals surface area (Å²) in [6, 6.07) is 13.3. The van der Waals surface area contributed by atoms with Crippen molar-refractivity contribution in [3.8, 4) is 0 Å². The molecule has 0 saturated heterocycles. The Labute approximate surface area is 223 Å². The Morgan fingerprint density at radius 3 is 2.32 bits per heavy atom. The number of nitrogens with zero attached hydrogens (tertiary/aromatic N) is 3. The van der Waals surface area contributed by atoms with E-state index in [2.05, 4.69) is 29.1 Å². The van der Waals surface area contributed by atoms with Crippen molar-refractivity contribution in [2.24, 2.45) is 0 Å². The molecule has 1 aliphatic carbocycles. The monoisotopic (exact) mass is 514 g/mol. The topological polar surface area (TPSA) is 101 Å². The lowest BCUT2D eigenvalue weighted by molar-refractivity contribution is -0.123. The van der Waals surface area contributed by atoms with Gasteiger partial charge in [-0.3, -0.25) is 19.5 Å². The lowest BCUT2D eigenvalue weighted by Gasteiger charge is -2.33. The van der Waals surface area contributed by atoms with Gasteiger partial charge in [0.1, 0.15) is 11.7 Å². The van der Waals surface area contributed by atoms with E-state index in [1.165, 1.54) is 30.6 Å². The maximum atomic E-state index is 14.0. The van der Waals surface area contributed by atoms with E-state index in [-0.39, 0.29) is 23.2 Å². The van der Waals surface area contributed by atoms with Crippen molar-refractivity contribution < 1.29 is 19.1 Å². The number of carbonyl (C=O) groups excluding carboxylic acids is 3. The zero-order valence-electron chi connectivity index (χ0n) is 22.1. The summed E-state index contributed by atoms with van der Waals surface area (Å²) < 4.78 is 4.90. The number of aromatic nitrogens is 2. The molecule has 0 bridgehead atoms. The molecule has 38 heavy (non-hydrogen) atoms. The highest BCUT2D eigenvalue weighted by Gasteiger charge is 2.35. The van der Waals surface area contributed by atoms with Crippen LogP contribution in [0.3, 0.4) is 0 Å². The number of ether oxygens (including phenoxy) is 1. The molecule has 0 spiro atoms. The predicted molar refractivity (Wildman–Crippen MR) is 145 cm³/mol. The summed E-state index contributed by atoms with van der Waals surface area (Å²) in [6.07, 6.45) is 9.37. The first-order valence-corrected chi connectivity index (χ1v) is 13.1. The quantitative estimate of drug-likeness (QED) is 0.414. The molecule has 2 amide bonds. The minimum Gasteiger partial charge on any atom is -0.465 e. The van der Waals surface area contributed by atoms with E-state index < -0.39 is 17.9 Å². The van der Waals surface area contributed by atoms with Gasteiger partial charge in [0.2, 0.25) is 5.91 Å². The van der Waals surface area contributed by atoms with Crippen molar-refractivity contribution in [1.82, 2.24) is 15.3 Å². The van der Waals surface area contributed by atoms with E-state index >= 15 is 0 Å². The Morgan fingerprint density at radius 1 is 0.974 bits per heavy atom. The van der Waals surface area contributed by atoms with E-state index in [1.807, 2.05) is 24.3 Å². The Morgan fingerprint density at radius 2 is 1.68 bits per heavy atom. The number of anilines is 1. The Kier molecular flexibility index (Phi) is 8.84. The number of methoxy groups -OCH3 is 1. The molecule has 1 aromatic heterocycles. The van der Waals surface area contributed by atoms with Crippen molar-refractivity contribution in [1.29, 1.82) is 0 Å². The molecule has 1 saturated carbocycles. The zero-order valence-corrected chi connectivity index (χ0v) is 22.1. The lowest BCUT2D eigenvalue weighted by atomic mass is 9.94. The summed E-state index contributed by atoms with van der Waals surface area (Å²) in [5.74, 6) is -1.01. The number of nitrogens with one attached hydrogen (secondary N) is 1. The van der Waals surface area contributed by atoms with Crippen LogP contribution < -0.4 is 10.2 Å². The standard InChI is InChI=1S/C30H34N4O4/c1-20(2)21-12-14-22(15-13-21)27(28(35)33-24-9-5-4-6-10-24)34(29(36)26-19-31-16-17-32-26)25-11-7-8-23(18-25)30(37)38-3/h7-8,11-20,24,27H,4-6,9-10H2,1-3H3,(H,33,35). The summed E-state index contributed by atoms with van der Waals surface area (Å²) in [6.45, 7) is 4.20. The molecule has 1 atom stereocenters. The van der Waals surface area contributed by atoms with E-state index in [0.29, 0.717) is 17.2 Å². The van der Waals surface area contributed by atoms with Gasteiger partial charge in [0, 0.05) is 24.1 Å². The summed E-state index contributed by atoms with van der Waals surface area (Å²) in [4.78, 5) is 50.0. The maximum absolute atomic E-state index is 14.0. The van der Waals surface area contributed by atoms with Gasteiger partial charge >= 0.3 is 5.97 Å². The molecule has 3 aromatic rings. The van der Waals surface area contributed by atoms with Crippen LogP contribution in [0.15, 0.2) is 67.1 Å². The van der Waals surface area contributed by atoms with Crippen LogP contribution in [0.25, 0.3) is 0 Å². The van der Waals surface area contributed by atoms with Crippen LogP contribution in [0.1, 0.15) is 89.9 Å². The molecule has 198 valence electrons. The first kappa shape index (κ1) is 27.0. The van der Waals surface area contributed by atoms with Gasteiger partial charge in [-0.25, -0.2) is 9.78 Å². The van der Waals surface area contributed by atoms with Gasteiger partial charge in [-0.15, -0.1) is 0 Å². The molecule has 8 heteroatoms. The van der Waals surface area contributed by atoms with E-state index in [1.54, 1.807) is 24.3 Å². The number of hydrogen-bond donors (Lipinski definition) is 1. The van der Waals surface area contributed by atoms with Gasteiger partial charge in [0.25, 0.3) is 5.91 Å².